The Morgan fingerprint density at radius 1 is 1.00 bits per heavy atom. The summed E-state index contributed by atoms with van der Waals surface area (Å²) in [6.45, 7) is 8.00. The lowest BCUT2D eigenvalue weighted by atomic mass is 10.2. The molecule has 15 heavy (non-hydrogen) atoms. The van der Waals surface area contributed by atoms with Gasteiger partial charge in [-0.2, -0.15) is 0 Å². The number of hydrogen-bond donors (Lipinski definition) is 0. The molecule has 2 rings (SSSR count). The Hall–Kier alpha value is -0.170. The first kappa shape index (κ1) is 14.8. The van der Waals surface area contributed by atoms with Gasteiger partial charge < -0.3 is 0 Å². The lowest BCUT2D eigenvalue weighted by molar-refractivity contribution is 0.977. The van der Waals surface area contributed by atoms with Gasteiger partial charge >= 0.3 is 0 Å². The smallest absolute Gasteiger partial charge is 0.0146 e. The molecule has 0 aliphatic heterocycles. The van der Waals surface area contributed by atoms with Crippen LogP contribution in [0.4, 0.5) is 0 Å². The van der Waals surface area contributed by atoms with Crippen LogP contribution in [0.25, 0.3) is 0 Å². The van der Waals surface area contributed by atoms with Crippen LogP contribution in [-0.4, -0.2) is 18.8 Å². The number of hydrogen-bond acceptors (Lipinski definition) is 0. The van der Waals surface area contributed by atoms with Crippen molar-refractivity contribution in [2.75, 3.05) is 18.8 Å². The summed E-state index contributed by atoms with van der Waals surface area (Å²) in [5, 5.41) is 0. The lowest BCUT2D eigenvalue weighted by Gasteiger charge is -2.28. The lowest BCUT2D eigenvalue weighted by Crippen LogP contribution is -1.97. The van der Waals surface area contributed by atoms with E-state index in [1.165, 1.54) is 6.42 Å². The molecule has 2 atom stereocenters. The standard InChI is InChI=1S/C10H16S.2C2H6/c1-11(2,3)10-5-4-8-6-9(8)7-10;2*1-2/h4-5,7-9H,6H2,1-3H3;2*1-2H3. The molecule has 2 aliphatic carbocycles. The molecule has 0 N–H and O–H groups in total. The molecule has 1 heteroatoms. The van der Waals surface area contributed by atoms with Crippen molar-refractivity contribution in [3.8, 4) is 0 Å². The van der Waals surface area contributed by atoms with Gasteiger partial charge in [0.2, 0.25) is 0 Å². The van der Waals surface area contributed by atoms with Crippen LogP contribution in [0.15, 0.2) is 23.1 Å². The fourth-order valence-electron chi connectivity index (χ4n) is 1.54. The molecular weight excluding hydrogens is 200 g/mol. The van der Waals surface area contributed by atoms with Gasteiger partial charge in [-0.05, 0) is 41.9 Å². The van der Waals surface area contributed by atoms with Crippen molar-refractivity contribution in [3.05, 3.63) is 23.1 Å². The van der Waals surface area contributed by atoms with Crippen molar-refractivity contribution in [2.45, 2.75) is 34.1 Å². The van der Waals surface area contributed by atoms with Crippen LogP contribution in [0.1, 0.15) is 34.1 Å². The Labute approximate surface area is 98.2 Å². The molecule has 2 aliphatic rings. The summed E-state index contributed by atoms with van der Waals surface area (Å²) in [7, 11) is -0.458. The maximum atomic E-state index is 2.50. The molecule has 0 heterocycles. The molecule has 0 nitrogen and oxygen atoms in total. The molecule has 0 aromatic rings. The van der Waals surface area contributed by atoms with E-state index in [1.807, 2.05) is 27.7 Å². The molecule has 90 valence electrons. The minimum atomic E-state index is -0.458. The van der Waals surface area contributed by atoms with Gasteiger partial charge in [-0.15, -0.1) is 0 Å². The van der Waals surface area contributed by atoms with E-state index in [4.69, 9.17) is 0 Å². The predicted molar refractivity (Wildman–Crippen MR) is 76.9 cm³/mol. The summed E-state index contributed by atoms with van der Waals surface area (Å²) < 4.78 is 0. The van der Waals surface area contributed by atoms with Crippen LogP contribution >= 0.6 is 10.0 Å². The second-order valence-electron chi connectivity index (χ2n) is 4.33. The van der Waals surface area contributed by atoms with E-state index < -0.39 is 10.0 Å². The van der Waals surface area contributed by atoms with Crippen molar-refractivity contribution >= 4 is 10.0 Å². The largest absolute Gasteiger partial charge is 0.224 e. The maximum absolute atomic E-state index is 2.50. The van der Waals surface area contributed by atoms with Gasteiger partial charge in [0.15, 0.2) is 0 Å². The van der Waals surface area contributed by atoms with Gasteiger partial charge in [0.1, 0.15) is 0 Å². The van der Waals surface area contributed by atoms with Crippen LogP contribution in [0.2, 0.25) is 0 Å². The Bertz CT molecular complexity index is 230. The summed E-state index contributed by atoms with van der Waals surface area (Å²) in [6.07, 6.45) is 15.8. The van der Waals surface area contributed by atoms with Crippen molar-refractivity contribution in [1.82, 2.24) is 0 Å². The monoisotopic (exact) mass is 228 g/mol. The highest BCUT2D eigenvalue weighted by molar-refractivity contribution is 8.35. The molecule has 0 spiro atoms. The van der Waals surface area contributed by atoms with E-state index >= 15 is 0 Å². The minimum absolute atomic E-state index is 0.458. The summed E-state index contributed by atoms with van der Waals surface area (Å²) in [5.41, 5.74) is 0. The molecule has 0 aromatic heterocycles. The van der Waals surface area contributed by atoms with E-state index in [0.29, 0.717) is 0 Å². The van der Waals surface area contributed by atoms with Crippen LogP contribution in [0.3, 0.4) is 0 Å². The van der Waals surface area contributed by atoms with Gasteiger partial charge in [0.05, 0.1) is 0 Å². The van der Waals surface area contributed by atoms with Crippen LogP contribution in [0, 0.1) is 11.8 Å². The molecule has 0 saturated heterocycles. The van der Waals surface area contributed by atoms with Crippen molar-refractivity contribution < 1.29 is 0 Å². The topological polar surface area (TPSA) is 0 Å². The highest BCUT2D eigenvalue weighted by Gasteiger charge is 2.35. The third-order valence-electron chi connectivity index (χ3n) is 2.48. The molecule has 0 radical (unpaired) electrons. The molecule has 1 fully saturated rings. The fraction of sp³-hybridized carbons (Fsp3) is 0.714. The van der Waals surface area contributed by atoms with E-state index in [-0.39, 0.29) is 0 Å². The summed E-state index contributed by atoms with van der Waals surface area (Å²) >= 11 is 0. The second kappa shape index (κ2) is 6.42. The van der Waals surface area contributed by atoms with E-state index in [0.717, 1.165) is 11.8 Å². The number of allylic oxidation sites excluding steroid dienone is 3. The summed E-state index contributed by atoms with van der Waals surface area (Å²) in [6, 6.07) is 0. The zero-order valence-corrected chi connectivity index (χ0v) is 12.3. The molecule has 0 bridgehead atoms. The summed E-state index contributed by atoms with van der Waals surface area (Å²) in [5.74, 6) is 1.84. The van der Waals surface area contributed by atoms with Gasteiger partial charge in [-0.3, -0.25) is 0 Å². The first-order chi connectivity index (χ1) is 7.07. The minimum Gasteiger partial charge on any atom is -0.224 e. The predicted octanol–water partition coefficient (Wildman–Crippen LogP) is 4.82. The van der Waals surface area contributed by atoms with E-state index in [2.05, 4.69) is 37.0 Å². The average molecular weight is 228 g/mol. The number of rotatable bonds is 1. The Kier molecular flexibility index (Phi) is 6.35. The third kappa shape index (κ3) is 4.46. The SMILES string of the molecule is CC.CC.CS(C)(C)C1=CC2CC2C=C1. The molecular formula is C14H28S. The zero-order valence-electron chi connectivity index (χ0n) is 11.5. The zero-order chi connectivity index (χ0) is 12.1. The quantitative estimate of drug-likeness (QED) is 0.603. The second-order valence-corrected chi connectivity index (χ2v) is 8.47. The first-order valence-corrected chi connectivity index (χ1v) is 9.01. The van der Waals surface area contributed by atoms with Crippen LogP contribution in [0.5, 0.6) is 0 Å². The van der Waals surface area contributed by atoms with Crippen LogP contribution < -0.4 is 0 Å². The molecule has 0 aromatic carbocycles. The van der Waals surface area contributed by atoms with Crippen molar-refractivity contribution in [1.29, 1.82) is 0 Å². The maximum Gasteiger partial charge on any atom is -0.0146 e. The Morgan fingerprint density at radius 2 is 1.53 bits per heavy atom. The van der Waals surface area contributed by atoms with E-state index in [9.17, 15) is 0 Å². The molecule has 0 amide bonds. The van der Waals surface area contributed by atoms with Gasteiger partial charge in [-0.1, -0.05) is 45.9 Å². The third-order valence-corrected chi connectivity index (χ3v) is 4.17. The van der Waals surface area contributed by atoms with Crippen LogP contribution in [-0.2, 0) is 0 Å². The highest BCUT2D eigenvalue weighted by atomic mass is 32.3. The Balaban J connectivity index is 0.000000442. The van der Waals surface area contributed by atoms with Gasteiger partial charge in [0, 0.05) is 0 Å². The summed E-state index contributed by atoms with van der Waals surface area (Å²) in [4.78, 5) is 1.61. The average Bonchev–Trinajstić information content (AvgIpc) is 3.00. The van der Waals surface area contributed by atoms with Gasteiger partial charge in [0.25, 0.3) is 0 Å². The van der Waals surface area contributed by atoms with Gasteiger partial charge in [-0.25, -0.2) is 10.0 Å². The van der Waals surface area contributed by atoms with E-state index in [1.54, 1.807) is 4.91 Å². The first-order valence-electron chi connectivity index (χ1n) is 6.16. The molecule has 2 unspecified atom stereocenters. The van der Waals surface area contributed by atoms with Crippen molar-refractivity contribution in [2.24, 2.45) is 11.8 Å². The fourth-order valence-corrected chi connectivity index (χ4v) is 2.61. The number of fused-ring (bicyclic) bond motifs is 1. The normalized spacial score (nSPS) is 27.3. The van der Waals surface area contributed by atoms with Crippen molar-refractivity contribution in [3.63, 3.8) is 0 Å². The highest BCUT2D eigenvalue weighted by Crippen LogP contribution is 2.53. The molecule has 1 saturated carbocycles. The Morgan fingerprint density at radius 3 is 1.93 bits per heavy atom.